The average Bonchev–Trinajstić information content (AvgIpc) is 4.12. The van der Waals surface area contributed by atoms with Crippen molar-refractivity contribution in [2.75, 3.05) is 37.7 Å². The number of hydrogen-bond acceptors (Lipinski definition) is 14. The number of aliphatic hydroxyl groups excluding tert-OH is 1. The Balaban J connectivity index is 1.56. The van der Waals surface area contributed by atoms with E-state index in [1.165, 1.54) is 64.5 Å². The molecule has 7 amide bonds. The lowest BCUT2D eigenvalue weighted by Crippen LogP contribution is -2.60. The number of unbranched alkanes of at least 4 members (excludes halogenated alkanes) is 1. The van der Waals surface area contributed by atoms with Gasteiger partial charge in [-0.05, 0) is 137 Å². The van der Waals surface area contributed by atoms with Crippen LogP contribution in [-0.2, 0) is 51.2 Å². The van der Waals surface area contributed by atoms with E-state index in [0.29, 0.717) is 41.8 Å². The summed E-state index contributed by atoms with van der Waals surface area (Å²) < 4.78 is 13.5. The SMILES string of the molecule is CC(C)C[C@H](NC(=O)[C@@H](CCCCN)NC(=O)[C@H](Cc1ccc(O)cc1)NC(=O)[C@H](CO)NC(=O)[C@@H](C)N(C(=O)CCc1ccc(F)cc1)c1cccs1)C(=O)N[C@@H](CCCN=C(N)N)C(=O)N1CCC[C@H]1C(=O)CCN. The molecule has 0 aliphatic carbocycles. The van der Waals surface area contributed by atoms with Crippen LogP contribution in [0.3, 0.4) is 0 Å². The fraction of sp³-hybridized carbons (Fsp3) is 0.528. The molecule has 0 bridgehead atoms. The minimum Gasteiger partial charge on any atom is -0.508 e. The number of amides is 7. The number of phenolic OH excluding ortho intramolecular Hbond substituents is 1. The molecule has 3 aromatic rings. The molecule has 1 aliphatic rings. The van der Waals surface area contributed by atoms with Crippen LogP contribution in [0.25, 0.3) is 0 Å². The molecule has 0 spiro atoms. The number of nitrogens with two attached hydrogens (primary N) is 4. The minimum absolute atomic E-state index is 0.0419. The van der Waals surface area contributed by atoms with Crippen LogP contribution in [0.15, 0.2) is 71.0 Å². The molecule has 1 aromatic heterocycles. The van der Waals surface area contributed by atoms with Crippen LogP contribution in [0.5, 0.6) is 5.75 Å². The first-order chi connectivity index (χ1) is 36.8. The molecule has 0 saturated carbocycles. The Morgan fingerprint density at radius 1 is 0.740 bits per heavy atom. The van der Waals surface area contributed by atoms with Gasteiger partial charge in [-0.25, -0.2) is 4.39 Å². The fourth-order valence-corrected chi connectivity index (χ4v) is 9.66. The van der Waals surface area contributed by atoms with E-state index in [4.69, 9.17) is 22.9 Å². The quantitative estimate of drug-likeness (QED) is 0.0234. The van der Waals surface area contributed by atoms with Gasteiger partial charge in [0.25, 0.3) is 0 Å². The summed E-state index contributed by atoms with van der Waals surface area (Å²) in [4.78, 5) is 119. The van der Waals surface area contributed by atoms with Gasteiger partial charge in [0.1, 0.15) is 47.8 Å². The van der Waals surface area contributed by atoms with E-state index in [9.17, 15) is 53.0 Å². The second-order valence-electron chi connectivity index (χ2n) is 19.4. The number of likely N-dealkylation sites (tertiary alicyclic amines) is 1. The first-order valence-electron chi connectivity index (χ1n) is 26.1. The number of aromatic hydroxyl groups is 1. The first-order valence-corrected chi connectivity index (χ1v) is 26.9. The van der Waals surface area contributed by atoms with Crippen LogP contribution < -0.4 is 54.4 Å². The number of aliphatic imine (C=N–C) groups is 1. The average molecular weight is 1090 g/mol. The van der Waals surface area contributed by atoms with Crippen molar-refractivity contribution in [3.63, 3.8) is 0 Å². The van der Waals surface area contributed by atoms with Crippen LogP contribution in [0, 0.1) is 11.7 Å². The predicted molar refractivity (Wildman–Crippen MR) is 290 cm³/mol. The molecule has 24 heteroatoms. The monoisotopic (exact) mass is 1090 g/mol. The van der Waals surface area contributed by atoms with E-state index in [1.54, 1.807) is 29.6 Å². The lowest BCUT2D eigenvalue weighted by atomic mass is 10.00. The summed E-state index contributed by atoms with van der Waals surface area (Å²) in [5.41, 5.74) is 23.7. The van der Waals surface area contributed by atoms with E-state index >= 15 is 0 Å². The van der Waals surface area contributed by atoms with Crippen molar-refractivity contribution in [1.82, 2.24) is 31.5 Å². The van der Waals surface area contributed by atoms with Crippen LogP contribution in [0.2, 0.25) is 0 Å². The van der Waals surface area contributed by atoms with Gasteiger partial charge >= 0.3 is 0 Å². The summed E-state index contributed by atoms with van der Waals surface area (Å²) >= 11 is 1.20. The maximum Gasteiger partial charge on any atom is 0.245 e. The molecule has 15 N–H and O–H groups in total. The van der Waals surface area contributed by atoms with Gasteiger partial charge in [0.15, 0.2) is 11.7 Å². The molecule has 77 heavy (non-hydrogen) atoms. The topological polar surface area (TPSA) is 360 Å². The predicted octanol–water partition coefficient (Wildman–Crippen LogP) is 0.744. The highest BCUT2D eigenvalue weighted by Gasteiger charge is 2.39. The number of aryl methyl sites for hydroxylation is 1. The normalized spacial score (nSPS) is 15.5. The highest BCUT2D eigenvalue weighted by Crippen LogP contribution is 2.26. The van der Waals surface area contributed by atoms with E-state index in [2.05, 4.69) is 31.6 Å². The highest BCUT2D eigenvalue weighted by atomic mass is 32.1. The number of halogens is 1. The highest BCUT2D eigenvalue weighted by molar-refractivity contribution is 7.14. The number of carbonyl (C=O) groups excluding carboxylic acids is 8. The van der Waals surface area contributed by atoms with Crippen molar-refractivity contribution >= 4 is 69.4 Å². The van der Waals surface area contributed by atoms with Crippen LogP contribution in [0.1, 0.15) is 96.1 Å². The fourth-order valence-electron chi connectivity index (χ4n) is 8.83. The Morgan fingerprint density at radius 3 is 1.96 bits per heavy atom. The minimum atomic E-state index is -1.64. The molecule has 4 rings (SSSR count). The number of guanidine groups is 1. The zero-order valence-electron chi connectivity index (χ0n) is 44.1. The van der Waals surface area contributed by atoms with E-state index in [-0.39, 0.29) is 101 Å². The molecular formula is C53H77FN12O10S. The van der Waals surface area contributed by atoms with Crippen LogP contribution in [0.4, 0.5) is 9.39 Å². The van der Waals surface area contributed by atoms with Gasteiger partial charge < -0.3 is 64.6 Å². The second kappa shape index (κ2) is 31.9. The zero-order valence-corrected chi connectivity index (χ0v) is 44.9. The summed E-state index contributed by atoms with van der Waals surface area (Å²) in [6.07, 6.45) is 2.44. The third-order valence-electron chi connectivity index (χ3n) is 12.9. The van der Waals surface area contributed by atoms with Crippen molar-refractivity contribution in [1.29, 1.82) is 0 Å². The Labute approximate surface area is 452 Å². The van der Waals surface area contributed by atoms with Gasteiger partial charge in [0.2, 0.25) is 41.4 Å². The largest absolute Gasteiger partial charge is 0.508 e. The Bertz CT molecular complexity index is 2440. The smallest absolute Gasteiger partial charge is 0.245 e. The van der Waals surface area contributed by atoms with Crippen molar-refractivity contribution in [2.45, 2.75) is 140 Å². The summed E-state index contributed by atoms with van der Waals surface area (Å²) in [6, 6.07) is 6.16. The molecule has 0 unspecified atom stereocenters. The third kappa shape index (κ3) is 20.1. The maximum atomic E-state index is 14.5. The van der Waals surface area contributed by atoms with E-state index in [1.807, 2.05) is 13.8 Å². The van der Waals surface area contributed by atoms with Gasteiger partial charge in [-0.2, -0.15) is 0 Å². The number of nitrogens with zero attached hydrogens (tertiary/aromatic N) is 3. The lowest BCUT2D eigenvalue weighted by molar-refractivity contribution is -0.141. The Morgan fingerprint density at radius 2 is 1.34 bits per heavy atom. The van der Waals surface area contributed by atoms with Crippen molar-refractivity contribution in [2.24, 2.45) is 33.8 Å². The summed E-state index contributed by atoms with van der Waals surface area (Å²) in [6.45, 7) is 5.01. The summed E-state index contributed by atoms with van der Waals surface area (Å²) in [5.74, 6) is -6.02. The first kappa shape index (κ1) is 62.5. The Hall–Kier alpha value is -7.02. The number of anilines is 1. The lowest BCUT2D eigenvalue weighted by Gasteiger charge is -2.31. The van der Waals surface area contributed by atoms with Gasteiger partial charge in [-0.1, -0.05) is 38.1 Å². The number of hydrogen-bond donors (Lipinski definition) is 11. The van der Waals surface area contributed by atoms with Gasteiger partial charge in [0.05, 0.1) is 17.6 Å². The number of Topliss-reactive ketones (excluding diaryl/α,β-unsaturated/α-hetero) is 1. The summed E-state index contributed by atoms with van der Waals surface area (Å²) in [7, 11) is 0. The molecular weight excluding hydrogens is 1020 g/mol. The van der Waals surface area contributed by atoms with E-state index < -0.39 is 96.1 Å². The maximum absolute atomic E-state index is 14.5. The van der Waals surface area contributed by atoms with Crippen molar-refractivity contribution < 1.29 is 53.0 Å². The third-order valence-corrected chi connectivity index (χ3v) is 13.8. The molecule has 1 fully saturated rings. The molecule has 2 aromatic carbocycles. The molecule has 22 nitrogen and oxygen atoms in total. The molecule has 422 valence electrons. The second-order valence-corrected chi connectivity index (χ2v) is 20.4. The molecule has 2 heterocycles. The number of benzene rings is 2. The van der Waals surface area contributed by atoms with Crippen molar-refractivity contribution in [3.8, 4) is 5.75 Å². The van der Waals surface area contributed by atoms with Crippen LogP contribution >= 0.6 is 11.3 Å². The number of ketones is 1. The Kier molecular flexibility index (Phi) is 25.9. The van der Waals surface area contributed by atoms with Crippen molar-refractivity contribution in [3.05, 3.63) is 83.0 Å². The van der Waals surface area contributed by atoms with Crippen LogP contribution in [-0.4, -0.2) is 143 Å². The van der Waals surface area contributed by atoms with Gasteiger partial charge in [0, 0.05) is 32.4 Å². The standard InChI is InChI=1S/C53H77FN12O10S/c1-32(2)29-40(49(73)61-39(10-6-26-59-53(57)58)52(76)65-27-7-11-43(65)44(69)23-25-56)62-48(72)38(9-4-5-24-55)60-50(74)41(30-35-15-20-37(68)21-16-35)63-51(75)42(31-67)64-47(71)33(3)66(46-12-8-28-77-46)45(70)22-17-34-13-18-36(54)19-14-34/h8,12-16,18-21,28,32-33,38-43,67-68H,4-7,9-11,17,22-27,29-31,55-56H2,1-3H3,(H,60,74)(H,61,73)(H,62,72)(H,63,75)(H,64,71)(H4,57,58,59)/t33-,38-,39+,40+,41+,42+,43+/m1/s1. The van der Waals surface area contributed by atoms with Gasteiger partial charge in [-0.15, -0.1) is 11.3 Å². The number of rotatable bonds is 32. The molecule has 1 aliphatic heterocycles. The number of carbonyl (C=O) groups is 8. The van der Waals surface area contributed by atoms with E-state index in [0.717, 1.165) is 0 Å². The molecule has 7 atom stereocenters. The summed E-state index contributed by atoms with van der Waals surface area (Å²) in [5, 5.41) is 36.1. The number of aliphatic hydroxyl groups is 1. The zero-order chi connectivity index (χ0) is 56.6. The number of thiophene rings is 1. The number of phenols is 1. The number of nitrogens with one attached hydrogen (secondary N) is 5. The molecule has 0 radical (unpaired) electrons. The molecule has 1 saturated heterocycles. The van der Waals surface area contributed by atoms with Gasteiger partial charge in [-0.3, -0.25) is 48.2 Å².